The van der Waals surface area contributed by atoms with E-state index in [1.807, 2.05) is 25.1 Å². The van der Waals surface area contributed by atoms with Gasteiger partial charge in [0.25, 0.3) is 0 Å². The van der Waals surface area contributed by atoms with Crippen molar-refractivity contribution in [3.8, 4) is 5.75 Å². The van der Waals surface area contributed by atoms with Crippen molar-refractivity contribution in [1.82, 2.24) is 0 Å². The number of benzene rings is 1. The van der Waals surface area contributed by atoms with E-state index in [1.54, 1.807) is 0 Å². The monoisotopic (exact) mass is 313 g/mol. The minimum Gasteiger partial charge on any atom is -0.491 e. The summed E-state index contributed by atoms with van der Waals surface area (Å²) in [5, 5.41) is 0. The molecule has 1 aromatic carbocycles. The fourth-order valence-corrected chi connectivity index (χ4v) is 2.58. The van der Waals surface area contributed by atoms with Crippen molar-refractivity contribution in [1.29, 1.82) is 0 Å². The summed E-state index contributed by atoms with van der Waals surface area (Å²) < 4.78 is 12.6. The van der Waals surface area contributed by atoms with Gasteiger partial charge in [0.05, 0.1) is 12.2 Å². The van der Waals surface area contributed by atoms with Gasteiger partial charge in [-0.3, -0.25) is 0 Å². The summed E-state index contributed by atoms with van der Waals surface area (Å²) >= 11 is 3.45. The number of rotatable bonds is 4. The van der Waals surface area contributed by atoms with Crippen molar-refractivity contribution in [3.05, 3.63) is 28.2 Å². The SMILES string of the molecule is CC1CCC(COc2ccc(Br)cc2[C@H](C)N)O1. The molecule has 1 aliphatic heterocycles. The lowest BCUT2D eigenvalue weighted by Crippen LogP contribution is -2.19. The van der Waals surface area contributed by atoms with Gasteiger partial charge in [-0.25, -0.2) is 0 Å². The Morgan fingerprint density at radius 3 is 2.89 bits per heavy atom. The van der Waals surface area contributed by atoms with E-state index < -0.39 is 0 Å². The van der Waals surface area contributed by atoms with Crippen LogP contribution in [0.3, 0.4) is 0 Å². The second-order valence-electron chi connectivity index (χ2n) is 4.93. The zero-order valence-electron chi connectivity index (χ0n) is 10.9. The fourth-order valence-electron chi connectivity index (χ4n) is 2.20. The molecule has 1 aromatic rings. The Bertz CT molecular complexity index is 409. The molecule has 3 nitrogen and oxygen atoms in total. The molecule has 3 atom stereocenters. The van der Waals surface area contributed by atoms with Crippen LogP contribution in [0.15, 0.2) is 22.7 Å². The van der Waals surface area contributed by atoms with Crippen LogP contribution in [0.2, 0.25) is 0 Å². The van der Waals surface area contributed by atoms with Crippen LogP contribution in [0.4, 0.5) is 0 Å². The molecule has 18 heavy (non-hydrogen) atoms. The normalized spacial score (nSPS) is 25.1. The van der Waals surface area contributed by atoms with Crippen LogP contribution in [0, 0.1) is 0 Å². The number of nitrogens with two attached hydrogens (primary N) is 1. The molecular weight excluding hydrogens is 294 g/mol. The van der Waals surface area contributed by atoms with Crippen LogP contribution in [0.5, 0.6) is 5.75 Å². The highest BCUT2D eigenvalue weighted by Crippen LogP contribution is 2.28. The Hall–Kier alpha value is -0.580. The summed E-state index contributed by atoms with van der Waals surface area (Å²) in [6, 6.07) is 5.90. The summed E-state index contributed by atoms with van der Waals surface area (Å²) in [6.07, 6.45) is 2.76. The first kappa shape index (κ1) is 13.8. The van der Waals surface area contributed by atoms with Crippen LogP contribution >= 0.6 is 15.9 Å². The average molecular weight is 314 g/mol. The smallest absolute Gasteiger partial charge is 0.124 e. The number of halogens is 1. The topological polar surface area (TPSA) is 44.5 Å². The van der Waals surface area contributed by atoms with Crippen molar-refractivity contribution in [3.63, 3.8) is 0 Å². The third kappa shape index (κ3) is 3.46. The van der Waals surface area contributed by atoms with Crippen molar-refractivity contribution in [2.75, 3.05) is 6.61 Å². The molecule has 2 rings (SSSR count). The minimum absolute atomic E-state index is 0.0408. The maximum atomic E-state index is 5.96. The van der Waals surface area contributed by atoms with Crippen molar-refractivity contribution in [2.24, 2.45) is 5.73 Å². The number of hydrogen-bond acceptors (Lipinski definition) is 3. The predicted molar refractivity (Wildman–Crippen MR) is 75.8 cm³/mol. The number of hydrogen-bond donors (Lipinski definition) is 1. The molecule has 4 heteroatoms. The van der Waals surface area contributed by atoms with Crippen LogP contribution < -0.4 is 10.5 Å². The Labute approximate surface area is 117 Å². The molecule has 0 saturated carbocycles. The van der Waals surface area contributed by atoms with Crippen molar-refractivity contribution >= 4 is 15.9 Å². The second-order valence-corrected chi connectivity index (χ2v) is 5.84. The fraction of sp³-hybridized carbons (Fsp3) is 0.571. The van der Waals surface area contributed by atoms with E-state index in [1.165, 1.54) is 0 Å². The van der Waals surface area contributed by atoms with E-state index in [9.17, 15) is 0 Å². The first-order valence-corrected chi connectivity index (χ1v) is 7.19. The summed E-state index contributed by atoms with van der Waals surface area (Å²) in [7, 11) is 0. The molecule has 100 valence electrons. The average Bonchev–Trinajstić information content (AvgIpc) is 2.73. The van der Waals surface area contributed by atoms with E-state index in [4.69, 9.17) is 15.2 Å². The Morgan fingerprint density at radius 1 is 1.50 bits per heavy atom. The highest BCUT2D eigenvalue weighted by molar-refractivity contribution is 9.10. The van der Waals surface area contributed by atoms with Gasteiger partial charge in [-0.1, -0.05) is 15.9 Å². The van der Waals surface area contributed by atoms with Crippen molar-refractivity contribution in [2.45, 2.75) is 44.9 Å². The third-order valence-corrected chi connectivity index (χ3v) is 3.70. The first-order chi connectivity index (χ1) is 8.56. The second kappa shape index (κ2) is 6.04. The predicted octanol–water partition coefficient (Wildman–Crippen LogP) is 3.42. The van der Waals surface area contributed by atoms with E-state index in [2.05, 4.69) is 22.9 Å². The van der Waals surface area contributed by atoms with E-state index in [0.717, 1.165) is 28.6 Å². The van der Waals surface area contributed by atoms with E-state index >= 15 is 0 Å². The third-order valence-electron chi connectivity index (χ3n) is 3.21. The molecule has 1 aliphatic rings. The van der Waals surface area contributed by atoms with Gasteiger partial charge in [0.1, 0.15) is 12.4 Å². The largest absolute Gasteiger partial charge is 0.491 e. The molecule has 0 radical (unpaired) electrons. The quantitative estimate of drug-likeness (QED) is 0.926. The summed E-state index contributed by atoms with van der Waals surface area (Å²) in [4.78, 5) is 0. The molecule has 0 aromatic heterocycles. The lowest BCUT2D eigenvalue weighted by atomic mass is 10.1. The van der Waals surface area contributed by atoms with Gasteiger partial charge in [-0.2, -0.15) is 0 Å². The summed E-state index contributed by atoms with van der Waals surface area (Å²) in [6.45, 7) is 4.67. The standard InChI is InChI=1S/C14H20BrNO2/c1-9-3-5-12(18-9)8-17-14-6-4-11(15)7-13(14)10(2)16/h4,6-7,9-10,12H,3,5,8,16H2,1-2H3/t9?,10-,12?/m0/s1. The molecular formula is C14H20BrNO2. The van der Waals surface area contributed by atoms with Gasteiger partial charge in [0.2, 0.25) is 0 Å². The molecule has 2 N–H and O–H groups in total. The first-order valence-electron chi connectivity index (χ1n) is 6.39. The number of ether oxygens (including phenoxy) is 2. The van der Waals surface area contributed by atoms with Crippen LogP contribution in [0.25, 0.3) is 0 Å². The van der Waals surface area contributed by atoms with Crippen LogP contribution in [-0.2, 0) is 4.74 Å². The van der Waals surface area contributed by atoms with Crippen LogP contribution in [0.1, 0.15) is 38.3 Å². The molecule has 0 aliphatic carbocycles. The Morgan fingerprint density at radius 2 is 2.28 bits per heavy atom. The zero-order valence-corrected chi connectivity index (χ0v) is 12.4. The van der Waals surface area contributed by atoms with E-state index in [-0.39, 0.29) is 12.1 Å². The van der Waals surface area contributed by atoms with Gasteiger partial charge in [0, 0.05) is 16.1 Å². The Kier molecular flexibility index (Phi) is 4.65. The molecule has 1 saturated heterocycles. The highest BCUT2D eigenvalue weighted by atomic mass is 79.9. The zero-order chi connectivity index (χ0) is 13.1. The molecule has 0 amide bonds. The Balaban J connectivity index is 2.00. The van der Waals surface area contributed by atoms with Gasteiger partial charge in [-0.15, -0.1) is 0 Å². The van der Waals surface area contributed by atoms with E-state index in [0.29, 0.717) is 12.7 Å². The van der Waals surface area contributed by atoms with Gasteiger partial charge < -0.3 is 15.2 Å². The maximum Gasteiger partial charge on any atom is 0.124 e. The summed E-state index contributed by atoms with van der Waals surface area (Å²) in [5.74, 6) is 0.858. The molecule has 0 spiro atoms. The summed E-state index contributed by atoms with van der Waals surface area (Å²) in [5.41, 5.74) is 6.98. The minimum atomic E-state index is -0.0408. The van der Waals surface area contributed by atoms with Crippen molar-refractivity contribution < 1.29 is 9.47 Å². The lowest BCUT2D eigenvalue weighted by molar-refractivity contribution is 0.0262. The lowest BCUT2D eigenvalue weighted by Gasteiger charge is -2.17. The maximum absolute atomic E-state index is 5.96. The van der Waals surface area contributed by atoms with Crippen LogP contribution in [-0.4, -0.2) is 18.8 Å². The molecule has 1 fully saturated rings. The molecule has 2 unspecified atom stereocenters. The highest BCUT2D eigenvalue weighted by Gasteiger charge is 2.22. The van der Waals surface area contributed by atoms with Gasteiger partial charge in [0.15, 0.2) is 0 Å². The molecule has 1 heterocycles. The van der Waals surface area contributed by atoms with Gasteiger partial charge in [-0.05, 0) is 44.9 Å². The molecule has 0 bridgehead atoms. The van der Waals surface area contributed by atoms with Gasteiger partial charge >= 0.3 is 0 Å².